The van der Waals surface area contributed by atoms with Gasteiger partial charge in [-0.1, -0.05) is 54.1 Å². The van der Waals surface area contributed by atoms with Crippen LogP contribution < -0.4 is 0 Å². The summed E-state index contributed by atoms with van der Waals surface area (Å²) in [6.45, 7) is 2.12. The molecule has 0 atom stereocenters. The van der Waals surface area contributed by atoms with Gasteiger partial charge >= 0.3 is 0 Å². The molecule has 0 aliphatic carbocycles. The number of nitrogens with zero attached hydrogens (tertiary/aromatic N) is 2. The monoisotopic (exact) mass is 354 g/mol. The van der Waals surface area contributed by atoms with Crippen molar-refractivity contribution in [2.75, 3.05) is 0 Å². The van der Waals surface area contributed by atoms with E-state index in [4.69, 9.17) is 4.98 Å². The standard InChI is InChI=1S/C23H18N2S/c1-16-6-8-19(9-7-16)22-21(14-17-11-13-26-15-17)25-12-10-18-4-2-3-5-20(18)23(25)24-22/h2-13,15H,14H2,1H3. The second-order valence-corrected chi connectivity index (χ2v) is 7.46. The number of hydrogen-bond donors (Lipinski definition) is 0. The highest BCUT2D eigenvalue weighted by atomic mass is 32.1. The first-order valence-electron chi connectivity index (χ1n) is 8.76. The number of thiophene rings is 1. The zero-order valence-corrected chi connectivity index (χ0v) is 15.3. The minimum Gasteiger partial charge on any atom is -0.303 e. The highest BCUT2D eigenvalue weighted by Gasteiger charge is 2.16. The van der Waals surface area contributed by atoms with Crippen molar-refractivity contribution in [2.24, 2.45) is 0 Å². The number of fused-ring (bicyclic) bond motifs is 3. The van der Waals surface area contributed by atoms with Gasteiger partial charge in [0.25, 0.3) is 0 Å². The average Bonchev–Trinajstić information content (AvgIpc) is 3.31. The largest absolute Gasteiger partial charge is 0.303 e. The van der Waals surface area contributed by atoms with Gasteiger partial charge in [-0.15, -0.1) is 0 Å². The van der Waals surface area contributed by atoms with Crippen molar-refractivity contribution in [2.45, 2.75) is 13.3 Å². The summed E-state index contributed by atoms with van der Waals surface area (Å²) in [4.78, 5) is 5.09. The maximum atomic E-state index is 5.09. The Morgan fingerprint density at radius 1 is 0.962 bits per heavy atom. The minimum absolute atomic E-state index is 0.881. The van der Waals surface area contributed by atoms with E-state index < -0.39 is 0 Å². The molecular weight excluding hydrogens is 336 g/mol. The molecule has 3 heterocycles. The summed E-state index contributed by atoms with van der Waals surface area (Å²) in [5.74, 6) is 0. The molecule has 0 saturated heterocycles. The van der Waals surface area contributed by atoms with E-state index in [2.05, 4.69) is 88.9 Å². The van der Waals surface area contributed by atoms with Crippen molar-refractivity contribution in [3.05, 3.63) is 94.4 Å². The van der Waals surface area contributed by atoms with Gasteiger partial charge in [0, 0.05) is 23.6 Å². The Morgan fingerprint density at radius 2 is 1.81 bits per heavy atom. The molecule has 5 rings (SSSR count). The van der Waals surface area contributed by atoms with Crippen LogP contribution >= 0.6 is 11.3 Å². The first-order chi connectivity index (χ1) is 12.8. The van der Waals surface area contributed by atoms with Crippen LogP contribution in [-0.4, -0.2) is 9.38 Å². The molecule has 0 fully saturated rings. The molecule has 0 aliphatic rings. The molecule has 5 aromatic rings. The lowest BCUT2D eigenvalue weighted by Crippen LogP contribution is -1.96. The molecule has 0 spiro atoms. The predicted octanol–water partition coefficient (Wildman–Crippen LogP) is 6.12. The molecule has 0 saturated carbocycles. The first-order valence-corrected chi connectivity index (χ1v) is 9.71. The van der Waals surface area contributed by atoms with E-state index >= 15 is 0 Å². The Kier molecular flexibility index (Phi) is 3.61. The molecule has 126 valence electrons. The average molecular weight is 354 g/mol. The Morgan fingerprint density at radius 3 is 2.62 bits per heavy atom. The van der Waals surface area contributed by atoms with E-state index in [0.29, 0.717) is 0 Å². The number of benzene rings is 2. The van der Waals surface area contributed by atoms with Crippen molar-refractivity contribution in [1.82, 2.24) is 9.38 Å². The topological polar surface area (TPSA) is 17.3 Å². The molecule has 0 bridgehead atoms. The maximum Gasteiger partial charge on any atom is 0.145 e. The van der Waals surface area contributed by atoms with Crippen LogP contribution in [0, 0.1) is 6.92 Å². The Hall–Kier alpha value is -2.91. The highest BCUT2D eigenvalue weighted by molar-refractivity contribution is 7.07. The zero-order chi connectivity index (χ0) is 17.5. The first kappa shape index (κ1) is 15.4. The van der Waals surface area contributed by atoms with Gasteiger partial charge in [0.2, 0.25) is 0 Å². The smallest absolute Gasteiger partial charge is 0.145 e. The lowest BCUT2D eigenvalue weighted by Gasteiger charge is -2.06. The zero-order valence-electron chi connectivity index (χ0n) is 14.5. The van der Waals surface area contributed by atoms with E-state index in [1.807, 2.05) is 0 Å². The van der Waals surface area contributed by atoms with E-state index in [1.54, 1.807) is 11.3 Å². The highest BCUT2D eigenvalue weighted by Crippen LogP contribution is 2.30. The Balaban J connectivity index is 1.80. The van der Waals surface area contributed by atoms with Crippen molar-refractivity contribution < 1.29 is 0 Å². The lowest BCUT2D eigenvalue weighted by atomic mass is 10.0. The third kappa shape index (κ3) is 2.52. The van der Waals surface area contributed by atoms with Crippen LogP contribution in [0.4, 0.5) is 0 Å². The van der Waals surface area contributed by atoms with Crippen LogP contribution in [0.3, 0.4) is 0 Å². The van der Waals surface area contributed by atoms with Crippen LogP contribution in [0.25, 0.3) is 27.7 Å². The number of aryl methyl sites for hydroxylation is 1. The number of rotatable bonds is 3. The summed E-state index contributed by atoms with van der Waals surface area (Å²) in [5, 5.41) is 6.78. The van der Waals surface area contributed by atoms with Gasteiger partial charge in [0.05, 0.1) is 11.4 Å². The van der Waals surface area contributed by atoms with Crippen molar-refractivity contribution >= 4 is 27.8 Å². The van der Waals surface area contributed by atoms with Gasteiger partial charge in [-0.25, -0.2) is 4.98 Å². The Labute approximate surface area is 156 Å². The second kappa shape index (κ2) is 6.11. The van der Waals surface area contributed by atoms with Gasteiger partial charge in [0.15, 0.2) is 0 Å². The molecule has 3 aromatic heterocycles. The van der Waals surface area contributed by atoms with Crippen LogP contribution in [0.5, 0.6) is 0 Å². The van der Waals surface area contributed by atoms with E-state index in [9.17, 15) is 0 Å². The van der Waals surface area contributed by atoms with Crippen molar-refractivity contribution in [3.63, 3.8) is 0 Å². The summed E-state index contributed by atoms with van der Waals surface area (Å²) in [7, 11) is 0. The lowest BCUT2D eigenvalue weighted by molar-refractivity contribution is 1.04. The molecule has 0 unspecified atom stereocenters. The van der Waals surface area contributed by atoms with Gasteiger partial charge in [-0.05, 0) is 40.8 Å². The van der Waals surface area contributed by atoms with Crippen molar-refractivity contribution in [3.8, 4) is 11.3 Å². The SMILES string of the molecule is Cc1ccc(-c2nc3c4ccccc4ccn3c2Cc2ccsc2)cc1. The fourth-order valence-corrected chi connectivity index (χ4v) is 4.18. The summed E-state index contributed by atoms with van der Waals surface area (Å²) in [5.41, 5.74) is 7.12. The number of pyridine rings is 1. The van der Waals surface area contributed by atoms with Crippen LogP contribution in [-0.2, 0) is 6.42 Å². The summed E-state index contributed by atoms with van der Waals surface area (Å²) in [6.07, 6.45) is 3.04. The molecule has 3 heteroatoms. The predicted molar refractivity (Wildman–Crippen MR) is 110 cm³/mol. The van der Waals surface area contributed by atoms with Gasteiger partial charge in [-0.3, -0.25) is 0 Å². The molecule has 2 aromatic carbocycles. The Bertz CT molecular complexity index is 1200. The summed E-state index contributed by atoms with van der Waals surface area (Å²) in [6, 6.07) is 21.5. The van der Waals surface area contributed by atoms with Crippen LogP contribution in [0.15, 0.2) is 77.6 Å². The second-order valence-electron chi connectivity index (χ2n) is 6.68. The number of aromatic nitrogens is 2. The van der Waals surface area contributed by atoms with Gasteiger partial charge in [-0.2, -0.15) is 11.3 Å². The van der Waals surface area contributed by atoms with Crippen LogP contribution in [0.1, 0.15) is 16.8 Å². The van der Waals surface area contributed by atoms with E-state index in [0.717, 1.165) is 17.8 Å². The molecule has 26 heavy (non-hydrogen) atoms. The molecule has 0 aliphatic heterocycles. The summed E-state index contributed by atoms with van der Waals surface area (Å²) >= 11 is 1.74. The normalized spacial score (nSPS) is 11.4. The fourth-order valence-electron chi connectivity index (χ4n) is 3.52. The number of hydrogen-bond acceptors (Lipinski definition) is 2. The quantitative estimate of drug-likeness (QED) is 0.382. The molecule has 0 amide bonds. The van der Waals surface area contributed by atoms with Gasteiger partial charge < -0.3 is 4.40 Å². The van der Waals surface area contributed by atoms with Crippen LogP contribution in [0.2, 0.25) is 0 Å². The van der Waals surface area contributed by atoms with E-state index in [-0.39, 0.29) is 0 Å². The molecule has 0 radical (unpaired) electrons. The van der Waals surface area contributed by atoms with Crippen molar-refractivity contribution in [1.29, 1.82) is 0 Å². The maximum absolute atomic E-state index is 5.09. The third-order valence-corrected chi connectivity index (χ3v) is 5.62. The molecule has 0 N–H and O–H groups in total. The van der Waals surface area contributed by atoms with Gasteiger partial charge in [0.1, 0.15) is 5.65 Å². The third-order valence-electron chi connectivity index (χ3n) is 4.89. The molecular formula is C23H18N2S. The fraction of sp³-hybridized carbons (Fsp3) is 0.0870. The van der Waals surface area contributed by atoms with E-state index in [1.165, 1.54) is 33.2 Å². The summed E-state index contributed by atoms with van der Waals surface area (Å²) < 4.78 is 2.26. The molecule has 2 nitrogen and oxygen atoms in total. The minimum atomic E-state index is 0.881. The number of imidazole rings is 1.